The molecule has 0 spiro atoms. The second kappa shape index (κ2) is 6.95. The molecule has 0 fully saturated rings. The topological polar surface area (TPSA) is 152 Å². The summed E-state index contributed by atoms with van der Waals surface area (Å²) >= 11 is 0. The summed E-state index contributed by atoms with van der Waals surface area (Å²) in [6, 6.07) is 10.1. The Labute approximate surface area is 136 Å². The second-order valence-electron chi connectivity index (χ2n) is 4.48. The van der Waals surface area contributed by atoms with E-state index in [0.29, 0.717) is 11.3 Å². The standard InChI is InChI=1S/C14H11N3O6S/c15-7-9-2-1-3-10(6-9)17-12(18)8-22-14(19)11-4-5-13(23-11)24(16,20)21/h1-6H,8H2,(H,17,18)(H2,16,20,21). The average molecular weight is 349 g/mol. The van der Waals surface area contributed by atoms with Crippen molar-refractivity contribution in [3.8, 4) is 6.07 Å². The zero-order valence-electron chi connectivity index (χ0n) is 12.1. The Kier molecular flexibility index (Phi) is 4.98. The third-order valence-corrected chi connectivity index (χ3v) is 3.45. The van der Waals surface area contributed by atoms with E-state index in [2.05, 4.69) is 5.32 Å². The fourth-order valence-corrected chi connectivity index (χ4v) is 2.11. The van der Waals surface area contributed by atoms with Gasteiger partial charge >= 0.3 is 5.97 Å². The van der Waals surface area contributed by atoms with Crippen molar-refractivity contribution < 1.29 is 27.2 Å². The van der Waals surface area contributed by atoms with Crippen molar-refractivity contribution >= 4 is 27.6 Å². The first kappa shape index (κ1) is 17.2. The van der Waals surface area contributed by atoms with Gasteiger partial charge in [-0.15, -0.1) is 0 Å². The zero-order valence-corrected chi connectivity index (χ0v) is 12.9. The fraction of sp³-hybridized carbons (Fsp3) is 0.0714. The Balaban J connectivity index is 1.92. The zero-order chi connectivity index (χ0) is 17.7. The Bertz CT molecular complexity index is 926. The van der Waals surface area contributed by atoms with Crippen LogP contribution in [-0.4, -0.2) is 26.9 Å². The average Bonchev–Trinajstić information content (AvgIpc) is 3.03. The van der Waals surface area contributed by atoms with E-state index < -0.39 is 39.4 Å². The summed E-state index contributed by atoms with van der Waals surface area (Å²) in [5.41, 5.74) is 0.723. The highest BCUT2D eigenvalue weighted by molar-refractivity contribution is 7.89. The molecule has 0 aliphatic carbocycles. The lowest BCUT2D eigenvalue weighted by Crippen LogP contribution is -2.20. The van der Waals surface area contributed by atoms with Crippen LogP contribution in [0.15, 0.2) is 45.9 Å². The van der Waals surface area contributed by atoms with E-state index in [9.17, 15) is 18.0 Å². The number of furan rings is 1. The molecule has 0 atom stereocenters. The van der Waals surface area contributed by atoms with Crippen LogP contribution in [0, 0.1) is 11.3 Å². The van der Waals surface area contributed by atoms with Gasteiger partial charge in [-0.2, -0.15) is 5.26 Å². The quantitative estimate of drug-likeness (QED) is 0.749. The summed E-state index contributed by atoms with van der Waals surface area (Å²) in [7, 11) is -4.07. The number of anilines is 1. The Morgan fingerprint density at radius 2 is 2.04 bits per heavy atom. The van der Waals surface area contributed by atoms with Gasteiger partial charge in [0.05, 0.1) is 11.6 Å². The molecule has 24 heavy (non-hydrogen) atoms. The molecule has 1 amide bonds. The van der Waals surface area contributed by atoms with Crippen LogP contribution in [0.4, 0.5) is 5.69 Å². The number of nitrogens with two attached hydrogens (primary N) is 1. The lowest BCUT2D eigenvalue weighted by Gasteiger charge is -2.05. The number of benzene rings is 1. The smallest absolute Gasteiger partial charge is 0.374 e. The first-order valence-electron chi connectivity index (χ1n) is 6.39. The van der Waals surface area contributed by atoms with Crippen LogP contribution in [0.1, 0.15) is 16.1 Å². The summed E-state index contributed by atoms with van der Waals surface area (Å²) in [5.74, 6) is -2.07. The van der Waals surface area contributed by atoms with E-state index in [0.717, 1.165) is 12.1 Å². The molecule has 10 heteroatoms. The molecule has 0 unspecified atom stereocenters. The molecule has 3 N–H and O–H groups in total. The van der Waals surface area contributed by atoms with Gasteiger partial charge < -0.3 is 14.5 Å². The molecule has 2 rings (SSSR count). The van der Waals surface area contributed by atoms with Gasteiger partial charge in [0.25, 0.3) is 15.9 Å². The van der Waals surface area contributed by atoms with Crippen molar-refractivity contribution in [2.45, 2.75) is 5.09 Å². The van der Waals surface area contributed by atoms with Crippen molar-refractivity contribution in [3.63, 3.8) is 0 Å². The minimum atomic E-state index is -4.07. The Hall–Kier alpha value is -3.16. The van der Waals surface area contributed by atoms with Gasteiger partial charge in [-0.3, -0.25) is 4.79 Å². The summed E-state index contributed by atoms with van der Waals surface area (Å²) < 4.78 is 31.5. The number of amides is 1. The number of carbonyl (C=O) groups excluding carboxylic acids is 2. The molecule has 0 saturated heterocycles. The molecular weight excluding hydrogens is 338 g/mol. The fourth-order valence-electron chi connectivity index (χ4n) is 1.65. The third-order valence-electron chi connectivity index (χ3n) is 2.67. The molecule has 9 nitrogen and oxygen atoms in total. The van der Waals surface area contributed by atoms with Crippen molar-refractivity contribution in [2.75, 3.05) is 11.9 Å². The molecule has 0 bridgehead atoms. The normalized spacial score (nSPS) is 10.7. The Morgan fingerprint density at radius 1 is 1.29 bits per heavy atom. The van der Waals surface area contributed by atoms with E-state index in [1.54, 1.807) is 18.2 Å². The summed E-state index contributed by atoms with van der Waals surface area (Å²) in [5, 5.41) is 15.5. The SMILES string of the molecule is N#Cc1cccc(NC(=O)COC(=O)c2ccc(S(N)(=O)=O)o2)c1. The van der Waals surface area contributed by atoms with Crippen LogP contribution >= 0.6 is 0 Å². The summed E-state index contributed by atoms with van der Waals surface area (Å²) in [6.45, 7) is -0.624. The lowest BCUT2D eigenvalue weighted by molar-refractivity contribution is -0.119. The first-order valence-corrected chi connectivity index (χ1v) is 7.94. The summed E-state index contributed by atoms with van der Waals surface area (Å²) in [6.07, 6.45) is 0. The minimum Gasteiger partial charge on any atom is -0.450 e. The number of hydrogen-bond acceptors (Lipinski definition) is 7. The molecular formula is C14H11N3O6S. The van der Waals surface area contributed by atoms with Crippen LogP contribution in [0.25, 0.3) is 0 Å². The number of ether oxygens (including phenoxy) is 1. The van der Waals surface area contributed by atoms with Crippen LogP contribution < -0.4 is 10.5 Å². The van der Waals surface area contributed by atoms with Gasteiger partial charge in [0.1, 0.15) is 0 Å². The Morgan fingerprint density at radius 3 is 2.67 bits per heavy atom. The monoisotopic (exact) mass is 349 g/mol. The molecule has 1 aromatic carbocycles. The van der Waals surface area contributed by atoms with E-state index in [1.807, 2.05) is 6.07 Å². The van der Waals surface area contributed by atoms with Crippen molar-refractivity contribution in [1.82, 2.24) is 0 Å². The van der Waals surface area contributed by atoms with Gasteiger partial charge in [0.15, 0.2) is 6.61 Å². The van der Waals surface area contributed by atoms with Crippen LogP contribution in [0.5, 0.6) is 0 Å². The number of nitrogens with one attached hydrogen (secondary N) is 1. The van der Waals surface area contributed by atoms with Gasteiger partial charge in [0, 0.05) is 5.69 Å². The summed E-state index contributed by atoms with van der Waals surface area (Å²) in [4.78, 5) is 23.4. The van der Waals surface area contributed by atoms with E-state index in [4.69, 9.17) is 19.6 Å². The largest absolute Gasteiger partial charge is 0.450 e. The van der Waals surface area contributed by atoms with Gasteiger partial charge in [-0.1, -0.05) is 6.07 Å². The van der Waals surface area contributed by atoms with Crippen molar-refractivity contribution in [2.24, 2.45) is 5.14 Å². The molecule has 0 aliphatic rings. The van der Waals surface area contributed by atoms with E-state index >= 15 is 0 Å². The molecule has 1 heterocycles. The molecule has 0 saturated carbocycles. The van der Waals surface area contributed by atoms with E-state index in [1.165, 1.54) is 6.07 Å². The molecule has 124 valence electrons. The highest BCUT2D eigenvalue weighted by Crippen LogP contribution is 2.13. The maximum atomic E-state index is 11.7. The molecule has 0 aliphatic heterocycles. The lowest BCUT2D eigenvalue weighted by atomic mass is 10.2. The highest BCUT2D eigenvalue weighted by Gasteiger charge is 2.19. The predicted molar refractivity (Wildman–Crippen MR) is 80.2 cm³/mol. The number of primary sulfonamides is 1. The number of nitrogens with zero attached hydrogens (tertiary/aromatic N) is 1. The van der Waals surface area contributed by atoms with Crippen LogP contribution in [0.2, 0.25) is 0 Å². The van der Waals surface area contributed by atoms with Gasteiger partial charge in [0.2, 0.25) is 10.9 Å². The predicted octanol–water partition coefficient (Wildman–Crippen LogP) is 0.594. The number of carbonyl (C=O) groups is 2. The molecule has 1 aromatic heterocycles. The number of hydrogen-bond donors (Lipinski definition) is 2. The maximum Gasteiger partial charge on any atom is 0.374 e. The van der Waals surface area contributed by atoms with Crippen LogP contribution in [-0.2, 0) is 19.6 Å². The number of rotatable bonds is 5. The molecule has 0 radical (unpaired) electrons. The highest BCUT2D eigenvalue weighted by atomic mass is 32.2. The second-order valence-corrected chi connectivity index (χ2v) is 5.97. The third kappa shape index (κ3) is 4.42. The van der Waals surface area contributed by atoms with Gasteiger partial charge in [-0.25, -0.2) is 18.4 Å². The minimum absolute atomic E-state index is 0.357. The number of nitriles is 1. The van der Waals surface area contributed by atoms with Crippen LogP contribution in [0.3, 0.4) is 0 Å². The molecule has 2 aromatic rings. The van der Waals surface area contributed by atoms with Crippen molar-refractivity contribution in [1.29, 1.82) is 5.26 Å². The first-order chi connectivity index (χ1) is 11.3. The maximum absolute atomic E-state index is 11.7. The number of esters is 1. The van der Waals surface area contributed by atoms with E-state index in [-0.39, 0.29) is 0 Å². The number of sulfonamides is 1. The van der Waals surface area contributed by atoms with Crippen molar-refractivity contribution in [3.05, 3.63) is 47.7 Å². The van der Waals surface area contributed by atoms with Gasteiger partial charge in [-0.05, 0) is 30.3 Å².